The summed E-state index contributed by atoms with van der Waals surface area (Å²) in [6.07, 6.45) is -4.44. The van der Waals surface area contributed by atoms with E-state index in [1.807, 2.05) is 0 Å². The lowest BCUT2D eigenvalue weighted by Crippen LogP contribution is -2.05. The van der Waals surface area contributed by atoms with Gasteiger partial charge in [-0.15, -0.1) is 0 Å². The fourth-order valence-electron chi connectivity index (χ4n) is 0.795. The van der Waals surface area contributed by atoms with Crippen LogP contribution < -0.4 is 0 Å². The first-order valence-electron chi connectivity index (χ1n) is 3.30. The molecular weight excluding hydrogens is 185 g/mol. The summed E-state index contributed by atoms with van der Waals surface area (Å²) >= 11 is 0. The summed E-state index contributed by atoms with van der Waals surface area (Å²) < 4.78 is 35.9. The van der Waals surface area contributed by atoms with Crippen LogP contribution in [0.4, 0.5) is 13.2 Å². The number of hydrogen-bond donors (Lipinski definition) is 0. The van der Waals surface area contributed by atoms with E-state index in [1.54, 1.807) is 0 Å². The second-order valence-electron chi connectivity index (χ2n) is 2.36. The Balaban J connectivity index is 3.01. The molecule has 0 saturated heterocycles. The lowest BCUT2D eigenvalue weighted by molar-refractivity contribution is -0.137. The third kappa shape index (κ3) is 2.21. The minimum absolute atomic E-state index is 0.270. The molecule has 0 aliphatic carbocycles. The van der Waals surface area contributed by atoms with Gasteiger partial charge < -0.3 is 0 Å². The minimum atomic E-state index is -4.44. The van der Waals surface area contributed by atoms with Gasteiger partial charge in [0.1, 0.15) is 0 Å². The van der Waals surface area contributed by atoms with Gasteiger partial charge in [0.15, 0.2) is 0 Å². The summed E-state index contributed by atoms with van der Waals surface area (Å²) in [7, 11) is 0. The van der Waals surface area contributed by atoms with Crippen LogP contribution in [0.1, 0.15) is 15.9 Å². The van der Waals surface area contributed by atoms with Crippen LogP contribution in [0.5, 0.6) is 0 Å². The molecule has 0 aliphatic heterocycles. The molecule has 13 heavy (non-hydrogen) atoms. The average Bonchev–Trinajstić information content (AvgIpc) is 2.03. The maximum absolute atomic E-state index is 12.0. The molecule has 69 valence electrons. The highest BCUT2D eigenvalue weighted by molar-refractivity contribution is 5.87. The van der Waals surface area contributed by atoms with Crippen LogP contribution in [0.3, 0.4) is 0 Å². The van der Waals surface area contributed by atoms with Gasteiger partial charge in [0.2, 0.25) is 0 Å². The summed E-state index contributed by atoms with van der Waals surface area (Å²) in [5, 5.41) is 10.2. The molecule has 0 aromatic heterocycles. The standard InChI is InChI=1S/C8H4F3O2/c9-8(10,11)6-3-1-5(2-4-6)7(12)13/h1-4H. The third-order valence-corrected chi connectivity index (χ3v) is 1.45. The molecule has 0 saturated carbocycles. The van der Waals surface area contributed by atoms with E-state index in [4.69, 9.17) is 0 Å². The SMILES string of the molecule is [O]C(=O)c1ccc(C(F)(F)F)cc1. The van der Waals surface area contributed by atoms with E-state index in [-0.39, 0.29) is 5.56 Å². The number of carbonyl (C=O) groups is 1. The average molecular weight is 189 g/mol. The highest BCUT2D eigenvalue weighted by atomic mass is 19.4. The van der Waals surface area contributed by atoms with Crippen molar-refractivity contribution >= 4 is 5.97 Å². The van der Waals surface area contributed by atoms with Crippen molar-refractivity contribution < 1.29 is 23.1 Å². The molecule has 0 aliphatic rings. The molecule has 0 heterocycles. The highest BCUT2D eigenvalue weighted by Crippen LogP contribution is 2.28. The largest absolute Gasteiger partial charge is 0.416 e. The number of alkyl halides is 3. The van der Waals surface area contributed by atoms with E-state index in [2.05, 4.69) is 0 Å². The first-order valence-corrected chi connectivity index (χ1v) is 3.30. The van der Waals surface area contributed by atoms with Crippen LogP contribution in [0.25, 0.3) is 0 Å². The summed E-state index contributed by atoms with van der Waals surface area (Å²) in [6, 6.07) is 3.12. The van der Waals surface area contributed by atoms with Crippen LogP contribution in [0.15, 0.2) is 24.3 Å². The van der Waals surface area contributed by atoms with E-state index in [1.165, 1.54) is 0 Å². The van der Waals surface area contributed by atoms with Gasteiger partial charge in [0, 0.05) is 0 Å². The zero-order valence-corrected chi connectivity index (χ0v) is 6.26. The fourth-order valence-corrected chi connectivity index (χ4v) is 0.795. The maximum Gasteiger partial charge on any atom is 0.416 e. The van der Waals surface area contributed by atoms with Gasteiger partial charge in [-0.2, -0.15) is 13.2 Å². The van der Waals surface area contributed by atoms with Crippen molar-refractivity contribution in [1.82, 2.24) is 0 Å². The van der Waals surface area contributed by atoms with E-state index in [9.17, 15) is 23.1 Å². The number of benzene rings is 1. The number of rotatable bonds is 1. The second kappa shape index (κ2) is 3.08. The predicted octanol–water partition coefficient (Wildman–Crippen LogP) is 2.28. The summed E-state index contributed by atoms with van der Waals surface area (Å²) in [4.78, 5) is 10.2. The molecule has 0 N–H and O–H groups in total. The molecule has 0 bridgehead atoms. The smallest absolute Gasteiger partial charge is 0.242 e. The molecule has 0 amide bonds. The normalized spacial score (nSPS) is 11.3. The first kappa shape index (κ1) is 9.57. The van der Waals surface area contributed by atoms with Crippen LogP contribution in [0.2, 0.25) is 0 Å². The Bertz CT molecular complexity index is 313. The van der Waals surface area contributed by atoms with Crippen LogP contribution >= 0.6 is 0 Å². The van der Waals surface area contributed by atoms with Gasteiger partial charge in [-0.3, -0.25) is 0 Å². The Morgan fingerprint density at radius 1 is 1.08 bits per heavy atom. The number of hydrogen-bond acceptors (Lipinski definition) is 1. The van der Waals surface area contributed by atoms with Crippen molar-refractivity contribution in [1.29, 1.82) is 0 Å². The van der Waals surface area contributed by atoms with Crippen molar-refractivity contribution in [2.24, 2.45) is 0 Å². The topological polar surface area (TPSA) is 37.0 Å². The lowest BCUT2D eigenvalue weighted by atomic mass is 10.1. The highest BCUT2D eigenvalue weighted by Gasteiger charge is 2.30. The van der Waals surface area contributed by atoms with Gasteiger partial charge >= 0.3 is 12.1 Å². The molecule has 1 rings (SSSR count). The van der Waals surface area contributed by atoms with Crippen LogP contribution in [-0.4, -0.2) is 5.97 Å². The van der Waals surface area contributed by atoms with Crippen molar-refractivity contribution in [3.63, 3.8) is 0 Å². The molecule has 1 aromatic rings. The monoisotopic (exact) mass is 189 g/mol. The molecule has 0 atom stereocenters. The van der Waals surface area contributed by atoms with E-state index in [0.717, 1.165) is 12.1 Å². The summed E-state index contributed by atoms with van der Waals surface area (Å²) in [5.74, 6) is -1.49. The second-order valence-corrected chi connectivity index (χ2v) is 2.36. The van der Waals surface area contributed by atoms with Gasteiger partial charge in [-0.1, -0.05) is 0 Å². The van der Waals surface area contributed by atoms with E-state index in [0.29, 0.717) is 12.1 Å². The maximum atomic E-state index is 12.0. The molecular formula is C8H4F3O2. The van der Waals surface area contributed by atoms with Crippen LogP contribution in [-0.2, 0) is 11.3 Å². The van der Waals surface area contributed by atoms with Crippen molar-refractivity contribution in [3.05, 3.63) is 35.4 Å². The fraction of sp³-hybridized carbons (Fsp3) is 0.125. The first-order chi connectivity index (χ1) is 5.91. The molecule has 5 heteroatoms. The summed E-state index contributed by atoms with van der Waals surface area (Å²) in [6.45, 7) is 0. The van der Waals surface area contributed by atoms with Crippen molar-refractivity contribution in [3.8, 4) is 0 Å². The van der Waals surface area contributed by atoms with Gasteiger partial charge in [0.25, 0.3) is 0 Å². The number of halogens is 3. The molecule has 1 aromatic carbocycles. The zero-order valence-electron chi connectivity index (χ0n) is 6.26. The van der Waals surface area contributed by atoms with Crippen LogP contribution in [0, 0.1) is 0 Å². The summed E-state index contributed by atoms with van der Waals surface area (Å²) in [5.41, 5.74) is -1.15. The van der Waals surface area contributed by atoms with Gasteiger partial charge in [-0.05, 0) is 24.3 Å². The third-order valence-electron chi connectivity index (χ3n) is 1.45. The Morgan fingerprint density at radius 2 is 1.54 bits per heavy atom. The van der Waals surface area contributed by atoms with Gasteiger partial charge in [-0.25, -0.2) is 9.90 Å². The predicted molar refractivity (Wildman–Crippen MR) is 36.5 cm³/mol. The molecule has 2 nitrogen and oxygen atoms in total. The van der Waals surface area contributed by atoms with Crippen molar-refractivity contribution in [2.45, 2.75) is 6.18 Å². The Labute approximate surface area is 71.6 Å². The Hall–Kier alpha value is -1.52. The Kier molecular flexibility index (Phi) is 2.27. The molecule has 0 unspecified atom stereocenters. The van der Waals surface area contributed by atoms with E-state index < -0.39 is 17.7 Å². The van der Waals surface area contributed by atoms with Gasteiger partial charge in [0.05, 0.1) is 11.1 Å². The van der Waals surface area contributed by atoms with Crippen molar-refractivity contribution in [2.75, 3.05) is 0 Å². The zero-order chi connectivity index (χ0) is 10.1. The van der Waals surface area contributed by atoms with E-state index >= 15 is 0 Å². The quantitative estimate of drug-likeness (QED) is 0.667. The Morgan fingerprint density at radius 3 is 1.85 bits per heavy atom. The lowest BCUT2D eigenvalue weighted by Gasteiger charge is -2.05. The molecule has 0 fully saturated rings. The number of carbonyl (C=O) groups excluding carboxylic acids is 1. The molecule has 1 radical (unpaired) electrons. The minimum Gasteiger partial charge on any atom is -0.242 e. The molecule has 0 spiro atoms.